The summed E-state index contributed by atoms with van der Waals surface area (Å²) in [6, 6.07) is 10.4. The third kappa shape index (κ3) is 3.92. The summed E-state index contributed by atoms with van der Waals surface area (Å²) in [7, 11) is 1.65. The van der Waals surface area contributed by atoms with Crippen LogP contribution in [0, 0.1) is 5.41 Å². The van der Waals surface area contributed by atoms with Crippen LogP contribution in [0.1, 0.15) is 18.9 Å². The molecule has 0 aromatic carbocycles. The van der Waals surface area contributed by atoms with Crippen molar-refractivity contribution >= 4 is 22.4 Å². The Balaban J connectivity index is 1.07. The van der Waals surface area contributed by atoms with Crippen molar-refractivity contribution in [2.75, 3.05) is 44.8 Å². The SMILES string of the molecule is CCOc1cc(-c2ccc(N3CCC4(CN(Cc5ccc(OC)nc5)C4)C3)nc2)c2c3cn[nH]c3nn2c1. The average Bonchev–Trinajstić information content (AvgIpc) is 3.64. The molecule has 2 saturated heterocycles. The van der Waals surface area contributed by atoms with Crippen molar-refractivity contribution in [1.82, 2.24) is 34.7 Å². The molecule has 1 N–H and O–H groups in total. The third-order valence-corrected chi connectivity index (χ3v) is 7.77. The van der Waals surface area contributed by atoms with Crippen LogP contribution >= 0.6 is 0 Å². The molecule has 1 spiro atoms. The van der Waals surface area contributed by atoms with E-state index in [2.05, 4.69) is 54.3 Å². The van der Waals surface area contributed by atoms with Crippen molar-refractivity contribution in [3.05, 3.63) is 60.7 Å². The fourth-order valence-corrected chi connectivity index (χ4v) is 6.02. The molecule has 0 amide bonds. The number of fused-ring (bicyclic) bond motifs is 3. The van der Waals surface area contributed by atoms with Crippen LogP contribution in [0.3, 0.4) is 0 Å². The van der Waals surface area contributed by atoms with Crippen LogP contribution in [0.2, 0.25) is 0 Å². The van der Waals surface area contributed by atoms with Crippen LogP contribution in [0.25, 0.3) is 27.7 Å². The number of rotatable bonds is 7. The highest BCUT2D eigenvalue weighted by Crippen LogP contribution is 2.42. The summed E-state index contributed by atoms with van der Waals surface area (Å²) in [5.74, 6) is 2.46. The van der Waals surface area contributed by atoms with Gasteiger partial charge in [0.25, 0.3) is 0 Å². The van der Waals surface area contributed by atoms with E-state index in [1.165, 1.54) is 12.0 Å². The predicted octanol–water partition coefficient (Wildman–Crippen LogP) is 3.79. The Kier molecular flexibility index (Phi) is 5.43. The minimum absolute atomic E-state index is 0.350. The molecule has 2 fully saturated rings. The fourth-order valence-electron chi connectivity index (χ4n) is 6.02. The summed E-state index contributed by atoms with van der Waals surface area (Å²) in [6.07, 6.45) is 8.80. The maximum absolute atomic E-state index is 5.82. The van der Waals surface area contributed by atoms with Gasteiger partial charge in [-0.15, -0.1) is 5.10 Å². The van der Waals surface area contributed by atoms with Gasteiger partial charge >= 0.3 is 0 Å². The molecule has 0 aliphatic carbocycles. The van der Waals surface area contributed by atoms with E-state index in [1.807, 2.05) is 42.3 Å². The van der Waals surface area contributed by atoms with Crippen LogP contribution in [-0.2, 0) is 6.54 Å². The second-order valence-corrected chi connectivity index (χ2v) is 10.4. The largest absolute Gasteiger partial charge is 0.492 e. The second-order valence-electron chi connectivity index (χ2n) is 10.4. The highest BCUT2D eigenvalue weighted by atomic mass is 16.5. The van der Waals surface area contributed by atoms with Crippen LogP contribution in [-0.4, -0.2) is 74.6 Å². The quantitative estimate of drug-likeness (QED) is 0.353. The monoisotopic (exact) mass is 510 g/mol. The lowest BCUT2D eigenvalue weighted by molar-refractivity contribution is 0.0116. The van der Waals surface area contributed by atoms with E-state index >= 15 is 0 Å². The lowest BCUT2D eigenvalue weighted by Gasteiger charge is -2.48. The zero-order valence-corrected chi connectivity index (χ0v) is 21.6. The number of H-pyrrole nitrogens is 1. The highest BCUT2D eigenvalue weighted by molar-refractivity contribution is 6.00. The molecule has 194 valence electrons. The first-order chi connectivity index (χ1) is 18.6. The molecule has 7 heterocycles. The number of pyridine rings is 3. The van der Waals surface area contributed by atoms with E-state index in [0.717, 1.165) is 72.0 Å². The minimum Gasteiger partial charge on any atom is -0.492 e. The average molecular weight is 511 g/mol. The topological polar surface area (TPSA) is 96.7 Å². The first kappa shape index (κ1) is 23.0. The van der Waals surface area contributed by atoms with Gasteiger partial charge in [-0.1, -0.05) is 6.07 Å². The number of anilines is 1. The molecule has 0 atom stereocenters. The summed E-state index contributed by atoms with van der Waals surface area (Å²) in [4.78, 5) is 14.2. The van der Waals surface area contributed by atoms with Gasteiger partial charge in [0.1, 0.15) is 11.6 Å². The van der Waals surface area contributed by atoms with Crippen LogP contribution in [0.5, 0.6) is 11.6 Å². The van der Waals surface area contributed by atoms with Crippen LogP contribution < -0.4 is 14.4 Å². The number of nitrogens with one attached hydrogen (secondary N) is 1. The molecule has 2 aliphatic rings. The summed E-state index contributed by atoms with van der Waals surface area (Å²) in [5, 5.41) is 12.8. The molecule has 0 radical (unpaired) electrons. The van der Waals surface area contributed by atoms with Crippen molar-refractivity contribution in [3.8, 4) is 22.8 Å². The summed E-state index contributed by atoms with van der Waals surface area (Å²) in [5.41, 5.74) is 5.38. The summed E-state index contributed by atoms with van der Waals surface area (Å²) in [6.45, 7) is 7.80. The van der Waals surface area contributed by atoms with Crippen LogP contribution in [0.15, 0.2) is 55.1 Å². The van der Waals surface area contributed by atoms with Crippen LogP contribution in [0.4, 0.5) is 5.82 Å². The zero-order valence-electron chi connectivity index (χ0n) is 21.6. The third-order valence-electron chi connectivity index (χ3n) is 7.77. The lowest BCUT2D eigenvalue weighted by atomic mass is 9.79. The van der Waals surface area contributed by atoms with Gasteiger partial charge in [-0.2, -0.15) is 5.10 Å². The predicted molar refractivity (Wildman–Crippen MR) is 145 cm³/mol. The Morgan fingerprint density at radius 3 is 2.74 bits per heavy atom. The van der Waals surface area contributed by atoms with Crippen molar-refractivity contribution in [3.63, 3.8) is 0 Å². The molecular weight excluding hydrogens is 480 g/mol. The maximum atomic E-state index is 5.82. The molecule has 10 heteroatoms. The molecule has 38 heavy (non-hydrogen) atoms. The Bertz CT molecular complexity index is 1590. The molecule has 0 unspecified atom stereocenters. The van der Waals surface area contributed by atoms with Crippen molar-refractivity contribution in [1.29, 1.82) is 0 Å². The first-order valence-corrected chi connectivity index (χ1v) is 13.0. The van der Waals surface area contributed by atoms with Gasteiger partial charge in [0.2, 0.25) is 5.88 Å². The Morgan fingerprint density at radius 1 is 1.05 bits per heavy atom. The Morgan fingerprint density at radius 2 is 1.97 bits per heavy atom. The Labute approximate surface area is 220 Å². The second kappa shape index (κ2) is 8.98. The molecule has 5 aromatic rings. The number of likely N-dealkylation sites (tertiary alicyclic amines) is 1. The Hall–Kier alpha value is -4.18. The van der Waals surface area contributed by atoms with Crippen molar-refractivity contribution in [2.45, 2.75) is 19.9 Å². The highest BCUT2D eigenvalue weighted by Gasteiger charge is 2.47. The fraction of sp³-hybridized carbons (Fsp3) is 0.357. The maximum Gasteiger partial charge on any atom is 0.212 e. The van der Waals surface area contributed by atoms with Crippen molar-refractivity contribution < 1.29 is 9.47 Å². The number of aromatic nitrogens is 6. The van der Waals surface area contributed by atoms with E-state index in [9.17, 15) is 0 Å². The number of hydrogen-bond acceptors (Lipinski definition) is 8. The van der Waals surface area contributed by atoms with E-state index in [1.54, 1.807) is 7.11 Å². The van der Waals surface area contributed by atoms with Crippen molar-refractivity contribution in [2.24, 2.45) is 5.41 Å². The number of methoxy groups -OCH3 is 1. The van der Waals surface area contributed by atoms with Gasteiger partial charge in [-0.25, -0.2) is 14.5 Å². The van der Waals surface area contributed by atoms with Gasteiger partial charge in [-0.3, -0.25) is 10.00 Å². The van der Waals surface area contributed by atoms with E-state index in [0.29, 0.717) is 17.9 Å². The number of nitrogens with zero attached hydrogens (tertiary/aromatic N) is 7. The molecule has 2 aliphatic heterocycles. The van der Waals surface area contributed by atoms with Gasteiger partial charge in [0, 0.05) is 67.7 Å². The number of ether oxygens (including phenoxy) is 2. The molecule has 5 aromatic heterocycles. The summed E-state index contributed by atoms with van der Waals surface area (Å²) < 4.78 is 12.9. The van der Waals surface area contributed by atoms with Gasteiger partial charge in [0.15, 0.2) is 5.65 Å². The number of aromatic amines is 1. The summed E-state index contributed by atoms with van der Waals surface area (Å²) >= 11 is 0. The van der Waals surface area contributed by atoms with E-state index < -0.39 is 0 Å². The lowest BCUT2D eigenvalue weighted by Crippen LogP contribution is -2.56. The zero-order chi connectivity index (χ0) is 25.7. The first-order valence-electron chi connectivity index (χ1n) is 13.0. The normalized spacial score (nSPS) is 16.9. The van der Waals surface area contributed by atoms with Gasteiger partial charge in [-0.05, 0) is 37.1 Å². The molecule has 7 rings (SSSR count). The van der Waals surface area contributed by atoms with Gasteiger partial charge in [0.05, 0.1) is 37.0 Å². The van der Waals surface area contributed by atoms with E-state index in [-0.39, 0.29) is 0 Å². The molecule has 0 saturated carbocycles. The minimum atomic E-state index is 0.350. The molecule has 0 bridgehead atoms. The van der Waals surface area contributed by atoms with E-state index in [4.69, 9.17) is 14.5 Å². The molecular formula is C28H30N8O2. The number of hydrogen-bond donors (Lipinski definition) is 1. The van der Waals surface area contributed by atoms with Gasteiger partial charge < -0.3 is 14.4 Å². The standard InChI is InChI=1S/C28H30N8O2/c1-3-38-21-10-22(26-23-13-31-32-27(23)33-36(26)15-21)20-5-6-24(29-12-20)35-9-8-28(18-35)16-34(17-28)14-19-4-7-25(37-2)30-11-19/h4-7,10-13,15H,3,8-9,14,16-18H2,1-2H3,(H,32,33). The smallest absolute Gasteiger partial charge is 0.212 e. The molecule has 10 nitrogen and oxygen atoms in total.